The van der Waals surface area contributed by atoms with Crippen LogP contribution in [0.2, 0.25) is 0 Å². The summed E-state index contributed by atoms with van der Waals surface area (Å²) in [6.45, 7) is 1.71. The van der Waals surface area contributed by atoms with E-state index in [-0.39, 0.29) is 0 Å². The van der Waals surface area contributed by atoms with Crippen LogP contribution in [0, 0.1) is 0 Å². The zero-order valence-electron chi connectivity index (χ0n) is 11.5. The Kier molecular flexibility index (Phi) is 3.40. The molecule has 0 aromatic carbocycles. The predicted octanol–water partition coefficient (Wildman–Crippen LogP) is 3.35. The fourth-order valence-electron chi connectivity index (χ4n) is 3.26. The number of hydrogen-bond donors (Lipinski definition) is 0. The molecule has 0 amide bonds. The van der Waals surface area contributed by atoms with Crippen molar-refractivity contribution < 1.29 is 4.74 Å². The Bertz CT molecular complexity index is 600. The molecular formula is C15H19N3OS. The molecule has 2 aromatic heterocycles. The molecule has 0 N–H and O–H groups in total. The number of imidazole rings is 1. The lowest BCUT2D eigenvalue weighted by molar-refractivity contribution is 0.0697. The molecule has 2 aliphatic rings. The summed E-state index contributed by atoms with van der Waals surface area (Å²) in [7, 11) is 0. The van der Waals surface area contributed by atoms with Crippen molar-refractivity contribution in [1.82, 2.24) is 14.5 Å². The largest absolute Gasteiger partial charge is 0.381 e. The summed E-state index contributed by atoms with van der Waals surface area (Å²) in [5, 5.41) is 0.548. The molecule has 2 aromatic rings. The van der Waals surface area contributed by atoms with Crippen LogP contribution in [0.4, 0.5) is 0 Å². The Morgan fingerprint density at radius 3 is 2.95 bits per heavy atom. The highest BCUT2D eigenvalue weighted by molar-refractivity contribution is 7.99. The van der Waals surface area contributed by atoms with E-state index in [9.17, 15) is 0 Å². The number of rotatable bonds is 2. The fourth-order valence-corrected chi connectivity index (χ4v) is 4.53. The van der Waals surface area contributed by atoms with E-state index in [4.69, 9.17) is 9.72 Å². The molecule has 106 valence electrons. The van der Waals surface area contributed by atoms with E-state index >= 15 is 0 Å². The van der Waals surface area contributed by atoms with Gasteiger partial charge in [0.15, 0.2) is 5.65 Å². The maximum atomic E-state index is 5.52. The number of thioether (sulfide) groups is 1. The third kappa shape index (κ3) is 2.13. The normalized spacial score (nSPS) is 24.5. The second-order valence-corrected chi connectivity index (χ2v) is 6.84. The first-order valence-electron chi connectivity index (χ1n) is 7.45. The lowest BCUT2D eigenvalue weighted by Crippen LogP contribution is -2.22. The van der Waals surface area contributed by atoms with Gasteiger partial charge in [-0.2, -0.15) is 11.8 Å². The van der Waals surface area contributed by atoms with E-state index in [1.807, 2.05) is 24.0 Å². The molecule has 0 spiro atoms. The van der Waals surface area contributed by atoms with Crippen molar-refractivity contribution in [2.45, 2.75) is 37.0 Å². The zero-order valence-corrected chi connectivity index (χ0v) is 12.3. The lowest BCUT2D eigenvalue weighted by Gasteiger charge is -2.26. The third-order valence-corrected chi connectivity index (χ3v) is 5.62. The summed E-state index contributed by atoms with van der Waals surface area (Å²) < 4.78 is 7.93. The van der Waals surface area contributed by atoms with Crippen molar-refractivity contribution in [2.75, 3.05) is 19.0 Å². The predicted molar refractivity (Wildman–Crippen MR) is 81.1 cm³/mol. The van der Waals surface area contributed by atoms with Gasteiger partial charge in [0.25, 0.3) is 0 Å². The summed E-state index contributed by atoms with van der Waals surface area (Å²) in [6.07, 6.45) is 6.58. The van der Waals surface area contributed by atoms with Crippen LogP contribution < -0.4 is 0 Å². The number of aromatic nitrogens is 3. The summed E-state index contributed by atoms with van der Waals surface area (Å²) in [5.74, 6) is 2.50. The minimum atomic E-state index is 0.500. The molecule has 0 bridgehead atoms. The van der Waals surface area contributed by atoms with Gasteiger partial charge in [-0.25, -0.2) is 9.97 Å². The molecule has 2 saturated heterocycles. The molecular weight excluding hydrogens is 270 g/mol. The monoisotopic (exact) mass is 289 g/mol. The topological polar surface area (TPSA) is 39.9 Å². The average molecular weight is 289 g/mol. The van der Waals surface area contributed by atoms with Gasteiger partial charge >= 0.3 is 0 Å². The average Bonchev–Trinajstić information content (AvgIpc) is 3.15. The highest BCUT2D eigenvalue weighted by atomic mass is 32.2. The third-order valence-electron chi connectivity index (χ3n) is 4.25. The number of nitrogens with zero attached hydrogens (tertiary/aromatic N) is 3. The van der Waals surface area contributed by atoms with Crippen molar-refractivity contribution in [3.05, 3.63) is 24.2 Å². The van der Waals surface area contributed by atoms with Crippen LogP contribution in [0.3, 0.4) is 0 Å². The minimum absolute atomic E-state index is 0.500. The first-order chi connectivity index (χ1) is 9.93. The molecule has 5 heteroatoms. The van der Waals surface area contributed by atoms with Crippen LogP contribution in [-0.4, -0.2) is 33.5 Å². The van der Waals surface area contributed by atoms with Crippen LogP contribution >= 0.6 is 11.8 Å². The first-order valence-corrected chi connectivity index (χ1v) is 8.50. The van der Waals surface area contributed by atoms with Gasteiger partial charge in [0, 0.05) is 25.5 Å². The van der Waals surface area contributed by atoms with E-state index in [2.05, 4.69) is 15.6 Å². The van der Waals surface area contributed by atoms with Crippen LogP contribution in [0.15, 0.2) is 18.3 Å². The number of fused-ring (bicyclic) bond motifs is 1. The van der Waals surface area contributed by atoms with Crippen LogP contribution in [0.25, 0.3) is 11.2 Å². The first kappa shape index (κ1) is 12.7. The van der Waals surface area contributed by atoms with Gasteiger partial charge in [0.05, 0.1) is 5.25 Å². The van der Waals surface area contributed by atoms with Gasteiger partial charge in [0.1, 0.15) is 11.3 Å². The van der Waals surface area contributed by atoms with E-state index in [0.29, 0.717) is 11.3 Å². The van der Waals surface area contributed by atoms with Gasteiger partial charge < -0.3 is 9.30 Å². The molecule has 2 fully saturated rings. The molecule has 1 atom stereocenters. The van der Waals surface area contributed by atoms with Gasteiger partial charge in [0.2, 0.25) is 0 Å². The van der Waals surface area contributed by atoms with Gasteiger partial charge in [-0.3, -0.25) is 0 Å². The van der Waals surface area contributed by atoms with Gasteiger partial charge in [-0.1, -0.05) is 0 Å². The van der Waals surface area contributed by atoms with Gasteiger partial charge in [-0.05, 0) is 43.6 Å². The van der Waals surface area contributed by atoms with Gasteiger partial charge in [-0.15, -0.1) is 0 Å². The van der Waals surface area contributed by atoms with Crippen molar-refractivity contribution in [3.8, 4) is 0 Å². The standard InChI is InChI=1S/C15H19N3OS/c1-3-12-14(16-7-1)18(11-5-8-19-9-6-11)15(17-12)13-4-2-10-20-13/h1,3,7,11,13H,2,4-6,8-10H2. The minimum Gasteiger partial charge on any atom is -0.381 e. The van der Waals surface area contributed by atoms with E-state index in [1.54, 1.807) is 0 Å². The van der Waals surface area contributed by atoms with E-state index in [1.165, 1.54) is 24.4 Å². The van der Waals surface area contributed by atoms with E-state index in [0.717, 1.165) is 37.2 Å². The number of ether oxygens (including phenoxy) is 1. The van der Waals surface area contributed by atoms with Crippen LogP contribution in [0.1, 0.15) is 42.8 Å². The Morgan fingerprint density at radius 1 is 1.25 bits per heavy atom. The smallest absolute Gasteiger partial charge is 0.160 e. The molecule has 4 heterocycles. The summed E-state index contributed by atoms with van der Waals surface area (Å²) >= 11 is 2.05. The molecule has 4 rings (SSSR count). The van der Waals surface area contributed by atoms with E-state index < -0.39 is 0 Å². The molecule has 0 aliphatic carbocycles. The summed E-state index contributed by atoms with van der Waals surface area (Å²) in [6, 6.07) is 4.57. The number of pyridine rings is 1. The SMILES string of the molecule is c1cnc2c(c1)nc(C1CCCS1)n2C1CCOCC1. The second kappa shape index (κ2) is 5.37. The Morgan fingerprint density at radius 2 is 2.15 bits per heavy atom. The summed E-state index contributed by atoms with van der Waals surface area (Å²) in [5.41, 5.74) is 2.10. The Labute approximate surface area is 122 Å². The highest BCUT2D eigenvalue weighted by Gasteiger charge is 2.28. The molecule has 1 unspecified atom stereocenters. The maximum Gasteiger partial charge on any atom is 0.160 e. The van der Waals surface area contributed by atoms with Crippen molar-refractivity contribution in [3.63, 3.8) is 0 Å². The zero-order chi connectivity index (χ0) is 13.4. The van der Waals surface area contributed by atoms with Crippen LogP contribution in [-0.2, 0) is 4.74 Å². The quantitative estimate of drug-likeness (QED) is 0.850. The van der Waals surface area contributed by atoms with Crippen molar-refractivity contribution in [2.24, 2.45) is 0 Å². The highest BCUT2D eigenvalue weighted by Crippen LogP contribution is 2.42. The molecule has 0 radical (unpaired) electrons. The lowest BCUT2D eigenvalue weighted by atomic mass is 10.1. The molecule has 0 saturated carbocycles. The fraction of sp³-hybridized carbons (Fsp3) is 0.600. The Hall–Kier alpha value is -1.07. The van der Waals surface area contributed by atoms with Crippen molar-refractivity contribution in [1.29, 1.82) is 0 Å². The van der Waals surface area contributed by atoms with Crippen LogP contribution in [0.5, 0.6) is 0 Å². The molecule has 20 heavy (non-hydrogen) atoms. The summed E-state index contributed by atoms with van der Waals surface area (Å²) in [4.78, 5) is 9.51. The Balaban J connectivity index is 1.83. The molecule has 4 nitrogen and oxygen atoms in total. The number of hydrogen-bond acceptors (Lipinski definition) is 4. The second-order valence-electron chi connectivity index (χ2n) is 5.53. The van der Waals surface area contributed by atoms with Crippen molar-refractivity contribution >= 4 is 22.9 Å². The molecule has 2 aliphatic heterocycles. The maximum absolute atomic E-state index is 5.52.